The molecule has 0 aliphatic heterocycles. The lowest BCUT2D eigenvalue weighted by Gasteiger charge is -2.34. The van der Waals surface area contributed by atoms with Gasteiger partial charge in [-0.1, -0.05) is 89.5 Å². The van der Waals surface area contributed by atoms with Gasteiger partial charge >= 0.3 is 0 Å². The van der Waals surface area contributed by atoms with Gasteiger partial charge in [-0.3, -0.25) is 13.9 Å². The molecule has 4 aromatic carbocycles. The minimum absolute atomic E-state index is 0.00320. The van der Waals surface area contributed by atoms with Crippen LogP contribution in [0.25, 0.3) is 0 Å². The number of rotatable bonds is 13. The van der Waals surface area contributed by atoms with Crippen molar-refractivity contribution in [2.24, 2.45) is 0 Å². The van der Waals surface area contributed by atoms with Gasteiger partial charge in [-0.15, -0.1) is 0 Å². The minimum atomic E-state index is -4.31. The molecule has 0 aliphatic rings. The summed E-state index contributed by atoms with van der Waals surface area (Å²) < 4.78 is 35.1. The SMILES string of the molecule is COc1ccc(Cl)cc1N(CC(=O)N(Cc1cccc(C)c1)[C@@H](Cc1ccccc1)C(=O)NC(C)C)S(=O)(=O)c1ccc(C)cc1. The van der Waals surface area contributed by atoms with Gasteiger partial charge in [-0.05, 0) is 69.2 Å². The predicted molar refractivity (Wildman–Crippen MR) is 183 cm³/mol. The number of methoxy groups -OCH3 is 1. The maximum absolute atomic E-state index is 14.6. The topological polar surface area (TPSA) is 96.0 Å². The van der Waals surface area contributed by atoms with E-state index in [0.717, 1.165) is 26.6 Å². The zero-order chi connectivity index (χ0) is 33.4. The monoisotopic (exact) mass is 661 g/mol. The lowest BCUT2D eigenvalue weighted by atomic mass is 10.0. The summed E-state index contributed by atoms with van der Waals surface area (Å²) in [6.45, 7) is 6.98. The van der Waals surface area contributed by atoms with Crippen LogP contribution in [-0.4, -0.2) is 50.9 Å². The van der Waals surface area contributed by atoms with Crippen LogP contribution in [0.4, 0.5) is 5.69 Å². The molecule has 10 heteroatoms. The van der Waals surface area contributed by atoms with Crippen molar-refractivity contribution in [2.75, 3.05) is 18.0 Å². The van der Waals surface area contributed by atoms with E-state index in [1.54, 1.807) is 24.3 Å². The first-order chi connectivity index (χ1) is 21.9. The van der Waals surface area contributed by atoms with Crippen LogP contribution in [0.3, 0.4) is 0 Å². The summed E-state index contributed by atoms with van der Waals surface area (Å²) in [5.41, 5.74) is 3.63. The molecule has 0 spiro atoms. The van der Waals surface area contributed by atoms with Crippen molar-refractivity contribution in [1.29, 1.82) is 0 Å². The Morgan fingerprint density at radius 2 is 1.52 bits per heavy atom. The lowest BCUT2D eigenvalue weighted by molar-refractivity contribution is -0.140. The standard InChI is InChI=1S/C36H40ClN3O5S/c1-25(2)38-36(42)33(21-28-11-7-6-8-12-28)39(23-29-13-9-10-27(4)20-29)35(41)24-40(32-22-30(37)16-19-34(32)45-5)46(43,44)31-17-14-26(3)15-18-31/h6-20,22,25,33H,21,23-24H2,1-5H3,(H,38,42)/t33-/m0/s1. The van der Waals surface area contributed by atoms with Gasteiger partial charge in [0, 0.05) is 24.0 Å². The molecular formula is C36H40ClN3O5S. The number of carbonyl (C=O) groups is 2. The van der Waals surface area contributed by atoms with E-state index >= 15 is 0 Å². The molecule has 1 atom stereocenters. The maximum Gasteiger partial charge on any atom is 0.264 e. The van der Waals surface area contributed by atoms with Gasteiger partial charge < -0.3 is 15.0 Å². The van der Waals surface area contributed by atoms with E-state index in [1.165, 1.54) is 30.2 Å². The molecule has 0 saturated carbocycles. The van der Waals surface area contributed by atoms with E-state index in [1.807, 2.05) is 82.3 Å². The third-order valence-corrected chi connectivity index (χ3v) is 9.44. The van der Waals surface area contributed by atoms with Crippen LogP contribution in [0.2, 0.25) is 5.02 Å². The van der Waals surface area contributed by atoms with Crippen LogP contribution in [0, 0.1) is 13.8 Å². The molecule has 8 nitrogen and oxygen atoms in total. The molecule has 46 heavy (non-hydrogen) atoms. The Balaban J connectivity index is 1.86. The molecule has 0 radical (unpaired) electrons. The Hall–Kier alpha value is -4.34. The summed E-state index contributed by atoms with van der Waals surface area (Å²) in [4.78, 5) is 29.9. The van der Waals surface area contributed by atoms with E-state index in [2.05, 4.69) is 5.32 Å². The zero-order valence-electron chi connectivity index (χ0n) is 26.7. The molecule has 4 rings (SSSR count). The molecule has 0 bridgehead atoms. The number of anilines is 1. The highest BCUT2D eigenvalue weighted by atomic mass is 35.5. The third-order valence-electron chi connectivity index (χ3n) is 7.43. The number of benzene rings is 4. The first-order valence-electron chi connectivity index (χ1n) is 15.0. The highest BCUT2D eigenvalue weighted by molar-refractivity contribution is 7.92. The smallest absolute Gasteiger partial charge is 0.264 e. The van der Waals surface area contributed by atoms with Crippen molar-refractivity contribution < 1.29 is 22.7 Å². The number of amides is 2. The first-order valence-corrected chi connectivity index (χ1v) is 16.8. The molecule has 0 heterocycles. The number of aryl methyl sites for hydroxylation is 2. The number of ether oxygens (including phenoxy) is 1. The van der Waals surface area contributed by atoms with E-state index in [9.17, 15) is 18.0 Å². The molecular weight excluding hydrogens is 622 g/mol. The van der Waals surface area contributed by atoms with Crippen LogP contribution >= 0.6 is 11.6 Å². The van der Waals surface area contributed by atoms with Crippen molar-refractivity contribution in [3.8, 4) is 5.75 Å². The highest BCUT2D eigenvalue weighted by Gasteiger charge is 2.36. The van der Waals surface area contributed by atoms with Crippen LogP contribution in [0.5, 0.6) is 5.75 Å². The van der Waals surface area contributed by atoms with E-state index < -0.39 is 28.5 Å². The summed E-state index contributed by atoms with van der Waals surface area (Å²) in [7, 11) is -2.89. The number of nitrogens with zero attached hydrogens (tertiary/aromatic N) is 2. The molecule has 4 aromatic rings. The molecule has 0 fully saturated rings. The third kappa shape index (κ3) is 8.68. The Labute approximate surface area is 277 Å². The largest absolute Gasteiger partial charge is 0.495 e. The molecule has 1 N–H and O–H groups in total. The molecule has 0 saturated heterocycles. The molecule has 0 unspecified atom stereocenters. The van der Waals surface area contributed by atoms with Gasteiger partial charge in [-0.2, -0.15) is 0 Å². The second-order valence-corrected chi connectivity index (χ2v) is 13.8. The second kappa shape index (κ2) is 15.3. The number of hydrogen-bond donors (Lipinski definition) is 1. The lowest BCUT2D eigenvalue weighted by Crippen LogP contribution is -2.54. The molecule has 0 aromatic heterocycles. The summed E-state index contributed by atoms with van der Waals surface area (Å²) in [6.07, 6.45) is 0.224. The Bertz CT molecular complexity index is 1760. The van der Waals surface area contributed by atoms with Crippen molar-refractivity contribution in [3.05, 3.63) is 124 Å². The summed E-state index contributed by atoms with van der Waals surface area (Å²) in [5.74, 6) is -0.691. The molecule has 2 amide bonds. The predicted octanol–water partition coefficient (Wildman–Crippen LogP) is 6.33. The fourth-order valence-electron chi connectivity index (χ4n) is 5.15. The normalized spacial score (nSPS) is 12.0. The fraction of sp³-hybridized carbons (Fsp3) is 0.278. The first kappa shape index (κ1) is 34.5. The number of nitrogens with one attached hydrogen (secondary N) is 1. The second-order valence-electron chi connectivity index (χ2n) is 11.5. The van der Waals surface area contributed by atoms with Crippen molar-refractivity contribution in [3.63, 3.8) is 0 Å². The van der Waals surface area contributed by atoms with Crippen LogP contribution in [-0.2, 0) is 32.6 Å². The maximum atomic E-state index is 14.6. The number of halogens is 1. The van der Waals surface area contributed by atoms with Crippen LogP contribution < -0.4 is 14.4 Å². The molecule has 0 aliphatic carbocycles. The van der Waals surface area contributed by atoms with Gasteiger partial charge in [0.15, 0.2) is 0 Å². The van der Waals surface area contributed by atoms with E-state index in [0.29, 0.717) is 0 Å². The summed E-state index contributed by atoms with van der Waals surface area (Å²) in [6, 6.07) is 26.9. The summed E-state index contributed by atoms with van der Waals surface area (Å²) >= 11 is 6.36. The van der Waals surface area contributed by atoms with Gasteiger partial charge in [0.2, 0.25) is 11.8 Å². The van der Waals surface area contributed by atoms with Gasteiger partial charge in [0.05, 0.1) is 17.7 Å². The molecule has 242 valence electrons. The Morgan fingerprint density at radius 1 is 0.848 bits per heavy atom. The zero-order valence-corrected chi connectivity index (χ0v) is 28.3. The summed E-state index contributed by atoms with van der Waals surface area (Å²) in [5, 5.41) is 3.23. The van der Waals surface area contributed by atoms with E-state index in [-0.39, 0.29) is 46.3 Å². The Morgan fingerprint density at radius 3 is 2.15 bits per heavy atom. The Kier molecular flexibility index (Phi) is 11.5. The average molecular weight is 662 g/mol. The van der Waals surface area contributed by atoms with Gasteiger partial charge in [0.25, 0.3) is 10.0 Å². The van der Waals surface area contributed by atoms with Crippen LogP contribution in [0.15, 0.2) is 102 Å². The van der Waals surface area contributed by atoms with E-state index in [4.69, 9.17) is 16.3 Å². The van der Waals surface area contributed by atoms with Gasteiger partial charge in [-0.25, -0.2) is 8.42 Å². The number of carbonyl (C=O) groups excluding carboxylic acids is 2. The van der Waals surface area contributed by atoms with Gasteiger partial charge in [0.1, 0.15) is 18.3 Å². The van der Waals surface area contributed by atoms with Crippen LogP contribution in [0.1, 0.15) is 36.1 Å². The number of hydrogen-bond acceptors (Lipinski definition) is 5. The quantitative estimate of drug-likeness (QED) is 0.181. The van der Waals surface area contributed by atoms with Crippen molar-refractivity contribution >= 4 is 39.1 Å². The van der Waals surface area contributed by atoms with Crippen molar-refractivity contribution in [1.82, 2.24) is 10.2 Å². The minimum Gasteiger partial charge on any atom is -0.495 e. The highest BCUT2D eigenvalue weighted by Crippen LogP contribution is 2.35. The number of sulfonamides is 1. The average Bonchev–Trinajstić information content (AvgIpc) is 3.01. The van der Waals surface area contributed by atoms with Crippen molar-refractivity contribution in [2.45, 2.75) is 57.6 Å². The fourth-order valence-corrected chi connectivity index (χ4v) is 6.73.